The molecule has 1 aromatic carbocycles. The van der Waals surface area contributed by atoms with Crippen LogP contribution < -0.4 is 14.4 Å². The number of sulfonamides is 1. The van der Waals surface area contributed by atoms with E-state index in [0.717, 1.165) is 20.7 Å². The lowest BCUT2D eigenvalue weighted by Crippen LogP contribution is -2.45. The van der Waals surface area contributed by atoms with E-state index in [-0.39, 0.29) is 0 Å². The molecule has 0 fully saturated rings. The number of anilines is 2. The van der Waals surface area contributed by atoms with Crippen LogP contribution in [0.4, 0.5) is 10.8 Å². The summed E-state index contributed by atoms with van der Waals surface area (Å²) in [5.41, 5.74) is 0.371. The molecule has 26 heavy (non-hydrogen) atoms. The zero-order valence-electron chi connectivity index (χ0n) is 14.8. The fourth-order valence-electron chi connectivity index (χ4n) is 2.19. The summed E-state index contributed by atoms with van der Waals surface area (Å²) < 4.78 is 31.4. The van der Waals surface area contributed by atoms with Crippen molar-refractivity contribution in [1.82, 2.24) is 10.2 Å². The van der Waals surface area contributed by atoms with Crippen LogP contribution >= 0.6 is 23.1 Å². The van der Waals surface area contributed by atoms with Crippen molar-refractivity contribution in [3.8, 4) is 5.75 Å². The maximum atomic E-state index is 12.6. The Morgan fingerprint density at radius 3 is 2.54 bits per heavy atom. The lowest BCUT2D eigenvalue weighted by Gasteiger charge is -2.27. The first kappa shape index (κ1) is 20.5. The van der Waals surface area contributed by atoms with Gasteiger partial charge >= 0.3 is 0 Å². The summed E-state index contributed by atoms with van der Waals surface area (Å²) in [4.78, 5) is 12.6. The minimum Gasteiger partial charge on any atom is -0.497 e. The predicted molar refractivity (Wildman–Crippen MR) is 105 cm³/mol. The van der Waals surface area contributed by atoms with E-state index in [4.69, 9.17) is 4.74 Å². The van der Waals surface area contributed by atoms with Crippen LogP contribution in [-0.4, -0.2) is 49.7 Å². The van der Waals surface area contributed by atoms with Gasteiger partial charge in [-0.15, -0.1) is 10.2 Å². The van der Waals surface area contributed by atoms with Gasteiger partial charge in [0, 0.05) is 0 Å². The Kier molecular flexibility index (Phi) is 6.84. The normalized spacial score (nSPS) is 12.5. The monoisotopic (exact) mass is 416 g/mol. The molecule has 0 aliphatic rings. The van der Waals surface area contributed by atoms with Gasteiger partial charge in [0.15, 0.2) is 4.34 Å². The van der Waals surface area contributed by atoms with Gasteiger partial charge in [0.1, 0.15) is 11.8 Å². The Morgan fingerprint density at radius 1 is 1.35 bits per heavy atom. The zero-order chi connectivity index (χ0) is 19.3. The van der Waals surface area contributed by atoms with E-state index in [1.54, 1.807) is 24.3 Å². The van der Waals surface area contributed by atoms with Crippen LogP contribution in [0, 0.1) is 0 Å². The highest BCUT2D eigenvalue weighted by atomic mass is 32.2. The van der Waals surface area contributed by atoms with Gasteiger partial charge in [-0.1, -0.05) is 30.0 Å². The van der Waals surface area contributed by atoms with Crippen LogP contribution in [0.5, 0.6) is 5.75 Å². The third-order valence-corrected chi connectivity index (χ3v) is 6.42. The summed E-state index contributed by atoms with van der Waals surface area (Å²) in [6.45, 7) is 3.51. The second-order valence-electron chi connectivity index (χ2n) is 5.23. The van der Waals surface area contributed by atoms with E-state index < -0.39 is 22.0 Å². The minimum absolute atomic E-state index is 0.334. The number of thioether (sulfide) groups is 1. The molecular weight excluding hydrogens is 396 g/mol. The van der Waals surface area contributed by atoms with Gasteiger partial charge in [0.2, 0.25) is 21.1 Å². The molecule has 2 aromatic rings. The van der Waals surface area contributed by atoms with Crippen LogP contribution in [0.3, 0.4) is 0 Å². The van der Waals surface area contributed by atoms with Gasteiger partial charge in [-0.3, -0.25) is 14.4 Å². The van der Waals surface area contributed by atoms with E-state index >= 15 is 0 Å². The summed E-state index contributed by atoms with van der Waals surface area (Å²) in [6, 6.07) is 5.48. The number of hydrogen-bond acceptors (Lipinski definition) is 8. The van der Waals surface area contributed by atoms with Crippen molar-refractivity contribution in [2.45, 2.75) is 24.2 Å². The number of ether oxygens (including phenoxy) is 1. The van der Waals surface area contributed by atoms with Crippen LogP contribution in [0.1, 0.15) is 13.8 Å². The van der Waals surface area contributed by atoms with Crippen molar-refractivity contribution in [1.29, 1.82) is 0 Å². The Bertz CT molecular complexity index is 852. The number of carbonyl (C=O) groups is 1. The number of nitrogens with zero attached hydrogens (tertiary/aromatic N) is 3. The highest BCUT2D eigenvalue weighted by Crippen LogP contribution is 2.27. The SMILES string of the molecule is CCSc1nnc(NC(=O)[C@@H](C)N(c2ccc(OC)cc2)S(C)(=O)=O)s1. The summed E-state index contributed by atoms with van der Waals surface area (Å²) >= 11 is 2.77. The van der Waals surface area contributed by atoms with Gasteiger partial charge in [-0.25, -0.2) is 8.42 Å². The molecule has 1 aromatic heterocycles. The van der Waals surface area contributed by atoms with Crippen molar-refractivity contribution in [3.05, 3.63) is 24.3 Å². The number of amides is 1. The topological polar surface area (TPSA) is 101 Å². The fraction of sp³-hybridized carbons (Fsp3) is 0.400. The van der Waals surface area contributed by atoms with Crippen molar-refractivity contribution in [2.24, 2.45) is 0 Å². The number of nitrogens with one attached hydrogen (secondary N) is 1. The van der Waals surface area contributed by atoms with Gasteiger partial charge < -0.3 is 4.74 Å². The van der Waals surface area contributed by atoms with Crippen LogP contribution in [0.2, 0.25) is 0 Å². The second-order valence-corrected chi connectivity index (χ2v) is 9.58. The molecule has 0 unspecified atom stereocenters. The predicted octanol–water partition coefficient (Wildman–Crippen LogP) is 2.45. The molecule has 8 nitrogen and oxygen atoms in total. The molecule has 0 radical (unpaired) electrons. The maximum Gasteiger partial charge on any atom is 0.249 e. The number of hydrogen-bond donors (Lipinski definition) is 1. The van der Waals surface area contributed by atoms with Crippen molar-refractivity contribution in [2.75, 3.05) is 28.7 Å². The smallest absolute Gasteiger partial charge is 0.249 e. The van der Waals surface area contributed by atoms with E-state index in [0.29, 0.717) is 16.6 Å². The molecule has 11 heteroatoms. The van der Waals surface area contributed by atoms with Crippen LogP contribution in [0.15, 0.2) is 28.6 Å². The first-order valence-electron chi connectivity index (χ1n) is 7.67. The van der Waals surface area contributed by atoms with Crippen molar-refractivity contribution >= 4 is 49.8 Å². The standard InChI is InChI=1S/C15H20N4O4S3/c1-5-24-15-18-17-14(25-15)16-13(20)10(2)19(26(4,21)22)11-6-8-12(23-3)9-7-11/h6-10H,5H2,1-4H3,(H,16,17,20)/t10-/m1/s1. The molecule has 142 valence electrons. The van der Waals surface area contributed by atoms with E-state index in [1.807, 2.05) is 6.92 Å². The van der Waals surface area contributed by atoms with Crippen molar-refractivity contribution in [3.63, 3.8) is 0 Å². The van der Waals surface area contributed by atoms with Gasteiger partial charge in [0.05, 0.1) is 19.1 Å². The first-order valence-corrected chi connectivity index (χ1v) is 11.3. The molecule has 0 aliphatic heterocycles. The van der Waals surface area contributed by atoms with Crippen LogP contribution in [-0.2, 0) is 14.8 Å². The lowest BCUT2D eigenvalue weighted by atomic mass is 10.2. The minimum atomic E-state index is -3.68. The highest BCUT2D eigenvalue weighted by molar-refractivity contribution is 8.01. The molecule has 0 bridgehead atoms. The number of rotatable bonds is 8. The Labute approximate surface area is 161 Å². The number of benzene rings is 1. The van der Waals surface area contributed by atoms with Gasteiger partial charge in [-0.2, -0.15) is 0 Å². The van der Waals surface area contributed by atoms with Gasteiger partial charge in [-0.05, 0) is 36.9 Å². The Hall–Kier alpha value is -1.85. The average molecular weight is 417 g/mol. The number of carbonyl (C=O) groups excluding carboxylic acids is 1. The third kappa shape index (κ3) is 5.08. The average Bonchev–Trinajstić information content (AvgIpc) is 3.01. The molecule has 2 rings (SSSR count). The molecule has 1 heterocycles. The molecule has 0 saturated carbocycles. The molecule has 1 atom stereocenters. The summed E-state index contributed by atoms with van der Waals surface area (Å²) in [6.07, 6.45) is 1.06. The Morgan fingerprint density at radius 2 is 2.00 bits per heavy atom. The van der Waals surface area contributed by atoms with Crippen LogP contribution in [0.25, 0.3) is 0 Å². The fourth-order valence-corrected chi connectivity index (χ4v) is 5.02. The van der Waals surface area contributed by atoms with Crippen molar-refractivity contribution < 1.29 is 17.9 Å². The zero-order valence-corrected chi connectivity index (χ0v) is 17.2. The van der Waals surface area contributed by atoms with E-state index in [1.165, 1.54) is 37.1 Å². The quantitative estimate of drug-likeness (QED) is 0.521. The molecule has 1 N–H and O–H groups in total. The largest absolute Gasteiger partial charge is 0.497 e. The van der Waals surface area contributed by atoms with E-state index in [9.17, 15) is 13.2 Å². The highest BCUT2D eigenvalue weighted by Gasteiger charge is 2.29. The molecule has 0 spiro atoms. The maximum absolute atomic E-state index is 12.6. The molecule has 1 amide bonds. The molecular formula is C15H20N4O4S3. The first-order chi connectivity index (χ1) is 12.3. The third-order valence-electron chi connectivity index (χ3n) is 3.32. The van der Waals surface area contributed by atoms with E-state index in [2.05, 4.69) is 15.5 Å². The molecule has 0 saturated heterocycles. The summed E-state index contributed by atoms with van der Waals surface area (Å²) in [5, 5.41) is 10.8. The lowest BCUT2D eigenvalue weighted by molar-refractivity contribution is -0.116. The summed E-state index contributed by atoms with van der Waals surface area (Å²) in [5.74, 6) is 0.947. The summed E-state index contributed by atoms with van der Waals surface area (Å²) in [7, 11) is -2.16. The number of methoxy groups -OCH3 is 1. The van der Waals surface area contributed by atoms with Gasteiger partial charge in [0.25, 0.3) is 0 Å². The Balaban J connectivity index is 2.22. The number of aromatic nitrogens is 2. The second kappa shape index (κ2) is 8.69. The molecule has 0 aliphatic carbocycles.